The van der Waals surface area contributed by atoms with E-state index in [4.69, 9.17) is 24.5 Å². The van der Waals surface area contributed by atoms with Gasteiger partial charge in [0.1, 0.15) is 11.6 Å². The molecular weight excluding hydrogens is 366 g/mol. The Labute approximate surface area is 171 Å². The summed E-state index contributed by atoms with van der Waals surface area (Å²) in [7, 11) is 0. The van der Waals surface area contributed by atoms with E-state index in [0.717, 1.165) is 67.6 Å². The summed E-state index contributed by atoms with van der Waals surface area (Å²) in [6.07, 6.45) is 2.98. The van der Waals surface area contributed by atoms with Crippen molar-refractivity contribution in [2.45, 2.75) is 57.5 Å². The Morgan fingerprint density at radius 2 is 1.83 bits per heavy atom. The number of benzene rings is 1. The summed E-state index contributed by atoms with van der Waals surface area (Å²) >= 11 is 0. The van der Waals surface area contributed by atoms with Gasteiger partial charge in [-0.05, 0) is 31.4 Å². The Balaban J connectivity index is 1.56. The second-order valence-corrected chi connectivity index (χ2v) is 8.43. The lowest BCUT2D eigenvalue weighted by Crippen LogP contribution is -2.18. The Morgan fingerprint density at radius 1 is 1.03 bits per heavy atom. The van der Waals surface area contributed by atoms with Gasteiger partial charge in [-0.25, -0.2) is 14.6 Å². The molecule has 2 aliphatic heterocycles. The standard InChI is InChI=1S/C22H29N5O2/c1-15(2)22-23-18-5-3-4-6-19(18)26(22)13-20-24-21(16-7-10-28-11-8-16)25-27(20)17-9-12-29-14-17/h3-6,15-17H,7-14H2,1-2H3. The van der Waals surface area contributed by atoms with Crippen LogP contribution < -0.4 is 0 Å². The van der Waals surface area contributed by atoms with Crippen LogP contribution in [0.2, 0.25) is 0 Å². The molecule has 2 aliphatic rings. The SMILES string of the molecule is CC(C)c1nc2ccccc2n1Cc1nc(C2CCOCC2)nn1C1CCOC1. The molecule has 0 N–H and O–H groups in total. The summed E-state index contributed by atoms with van der Waals surface area (Å²) in [4.78, 5) is 9.95. The Morgan fingerprint density at radius 3 is 2.59 bits per heavy atom. The maximum absolute atomic E-state index is 5.66. The third-order valence-electron chi connectivity index (χ3n) is 6.06. The van der Waals surface area contributed by atoms with Crippen LogP contribution in [-0.2, 0) is 16.0 Å². The molecule has 2 fully saturated rings. The zero-order valence-corrected chi connectivity index (χ0v) is 17.3. The van der Waals surface area contributed by atoms with Gasteiger partial charge in [-0.3, -0.25) is 0 Å². The third-order valence-corrected chi connectivity index (χ3v) is 6.06. The van der Waals surface area contributed by atoms with E-state index in [1.807, 2.05) is 6.07 Å². The van der Waals surface area contributed by atoms with Gasteiger partial charge in [0, 0.05) is 31.7 Å². The lowest BCUT2D eigenvalue weighted by atomic mass is 10.00. The second-order valence-electron chi connectivity index (χ2n) is 8.43. The third kappa shape index (κ3) is 3.57. The zero-order valence-electron chi connectivity index (χ0n) is 17.3. The minimum atomic E-state index is 0.267. The quantitative estimate of drug-likeness (QED) is 0.660. The fourth-order valence-electron chi connectivity index (χ4n) is 4.46. The van der Waals surface area contributed by atoms with Crippen LogP contribution in [0, 0.1) is 0 Å². The monoisotopic (exact) mass is 395 g/mol. The van der Waals surface area contributed by atoms with E-state index in [2.05, 4.69) is 41.3 Å². The number of hydrogen-bond donors (Lipinski definition) is 0. The van der Waals surface area contributed by atoms with Gasteiger partial charge in [-0.15, -0.1) is 0 Å². The van der Waals surface area contributed by atoms with Crippen LogP contribution in [0.5, 0.6) is 0 Å². The minimum Gasteiger partial charge on any atom is -0.381 e. The maximum atomic E-state index is 5.66. The van der Waals surface area contributed by atoms with E-state index in [0.29, 0.717) is 25.0 Å². The zero-order chi connectivity index (χ0) is 19.8. The lowest BCUT2D eigenvalue weighted by Gasteiger charge is -2.19. The molecule has 0 aliphatic carbocycles. The van der Waals surface area contributed by atoms with E-state index < -0.39 is 0 Å². The van der Waals surface area contributed by atoms with Crippen molar-refractivity contribution < 1.29 is 9.47 Å². The van der Waals surface area contributed by atoms with E-state index in [1.165, 1.54) is 0 Å². The van der Waals surface area contributed by atoms with Crippen molar-refractivity contribution in [1.82, 2.24) is 24.3 Å². The number of aromatic nitrogens is 5. The highest BCUT2D eigenvalue weighted by molar-refractivity contribution is 5.76. The summed E-state index contributed by atoms with van der Waals surface area (Å²) < 4.78 is 15.6. The number of rotatable bonds is 5. The van der Waals surface area contributed by atoms with Gasteiger partial charge >= 0.3 is 0 Å². The Kier molecular flexibility index (Phi) is 5.09. The molecular formula is C22H29N5O2. The summed E-state index contributed by atoms with van der Waals surface area (Å²) in [5.41, 5.74) is 2.19. The molecule has 29 heavy (non-hydrogen) atoms. The predicted molar refractivity (Wildman–Crippen MR) is 110 cm³/mol. The first-order valence-corrected chi connectivity index (χ1v) is 10.8. The van der Waals surface area contributed by atoms with Crippen LogP contribution in [0.15, 0.2) is 24.3 Å². The first-order valence-electron chi connectivity index (χ1n) is 10.8. The number of para-hydroxylation sites is 2. The second kappa shape index (κ2) is 7.88. The van der Waals surface area contributed by atoms with E-state index in [1.54, 1.807) is 0 Å². The van der Waals surface area contributed by atoms with Crippen LogP contribution >= 0.6 is 0 Å². The average molecular weight is 396 g/mol. The van der Waals surface area contributed by atoms with Crippen molar-refractivity contribution >= 4 is 11.0 Å². The molecule has 5 rings (SSSR count). The molecule has 3 aromatic rings. The van der Waals surface area contributed by atoms with Gasteiger partial charge in [0.25, 0.3) is 0 Å². The molecule has 154 valence electrons. The molecule has 7 nitrogen and oxygen atoms in total. The maximum Gasteiger partial charge on any atom is 0.154 e. The smallest absolute Gasteiger partial charge is 0.154 e. The van der Waals surface area contributed by atoms with Gasteiger partial charge in [0.15, 0.2) is 5.82 Å². The van der Waals surface area contributed by atoms with Crippen molar-refractivity contribution in [1.29, 1.82) is 0 Å². The summed E-state index contributed by atoms with van der Waals surface area (Å²) in [6, 6.07) is 8.62. The summed E-state index contributed by atoms with van der Waals surface area (Å²) in [5, 5.41) is 4.99. The lowest BCUT2D eigenvalue weighted by molar-refractivity contribution is 0.0834. The highest BCUT2D eigenvalue weighted by Crippen LogP contribution is 2.29. The van der Waals surface area contributed by atoms with E-state index in [9.17, 15) is 0 Å². The van der Waals surface area contributed by atoms with Crippen LogP contribution in [0.4, 0.5) is 0 Å². The van der Waals surface area contributed by atoms with Crippen molar-refractivity contribution in [2.75, 3.05) is 26.4 Å². The number of fused-ring (bicyclic) bond motifs is 1. The molecule has 0 saturated carbocycles. The number of nitrogens with zero attached hydrogens (tertiary/aromatic N) is 5. The summed E-state index contributed by atoms with van der Waals surface area (Å²) in [6.45, 7) is 8.17. The Hall–Kier alpha value is -2.25. The number of imidazole rings is 1. The summed E-state index contributed by atoms with van der Waals surface area (Å²) in [5.74, 6) is 3.78. The molecule has 0 amide bonds. The molecule has 2 aromatic heterocycles. The van der Waals surface area contributed by atoms with Gasteiger partial charge in [0.05, 0.1) is 30.2 Å². The Bertz CT molecular complexity index is 980. The highest BCUT2D eigenvalue weighted by Gasteiger charge is 2.28. The predicted octanol–water partition coefficient (Wildman–Crippen LogP) is 3.65. The first kappa shape index (κ1) is 18.8. The number of ether oxygens (including phenoxy) is 2. The molecule has 1 atom stereocenters. The van der Waals surface area contributed by atoms with Crippen molar-refractivity contribution in [3.63, 3.8) is 0 Å². The largest absolute Gasteiger partial charge is 0.381 e. The molecule has 2 saturated heterocycles. The number of hydrogen-bond acceptors (Lipinski definition) is 5. The van der Waals surface area contributed by atoms with Crippen molar-refractivity contribution in [3.8, 4) is 0 Å². The van der Waals surface area contributed by atoms with Gasteiger partial charge < -0.3 is 14.0 Å². The van der Waals surface area contributed by atoms with Crippen LogP contribution in [-0.4, -0.2) is 50.7 Å². The van der Waals surface area contributed by atoms with Gasteiger partial charge in [0.2, 0.25) is 0 Å². The van der Waals surface area contributed by atoms with E-state index >= 15 is 0 Å². The van der Waals surface area contributed by atoms with Crippen LogP contribution in [0.25, 0.3) is 11.0 Å². The molecule has 7 heteroatoms. The van der Waals surface area contributed by atoms with E-state index in [-0.39, 0.29) is 6.04 Å². The topological polar surface area (TPSA) is 67.0 Å². The van der Waals surface area contributed by atoms with Gasteiger partial charge in [-0.1, -0.05) is 26.0 Å². The average Bonchev–Trinajstić information content (AvgIpc) is 3.48. The molecule has 1 unspecified atom stereocenters. The normalized spacial score (nSPS) is 20.9. The molecule has 0 spiro atoms. The van der Waals surface area contributed by atoms with Crippen LogP contribution in [0.1, 0.15) is 68.5 Å². The van der Waals surface area contributed by atoms with Crippen molar-refractivity contribution in [2.24, 2.45) is 0 Å². The van der Waals surface area contributed by atoms with Gasteiger partial charge in [-0.2, -0.15) is 5.10 Å². The molecule has 1 aromatic carbocycles. The van der Waals surface area contributed by atoms with Crippen LogP contribution in [0.3, 0.4) is 0 Å². The molecule has 0 radical (unpaired) electrons. The highest BCUT2D eigenvalue weighted by atomic mass is 16.5. The first-order chi connectivity index (χ1) is 14.2. The van der Waals surface area contributed by atoms with Crippen molar-refractivity contribution in [3.05, 3.63) is 41.7 Å². The molecule has 4 heterocycles. The molecule has 0 bridgehead atoms. The minimum absolute atomic E-state index is 0.267. The fourth-order valence-corrected chi connectivity index (χ4v) is 4.46. The fraction of sp³-hybridized carbons (Fsp3) is 0.591.